The number of halogens is 2. The molecule has 0 aromatic heterocycles. The lowest BCUT2D eigenvalue weighted by Crippen LogP contribution is -2.45. The number of carbonyl (C=O) groups is 1. The molecule has 1 aliphatic heterocycles. The van der Waals surface area contributed by atoms with Crippen molar-refractivity contribution in [2.45, 2.75) is 95.7 Å². The second-order valence-corrected chi connectivity index (χ2v) is 10.5. The van der Waals surface area contributed by atoms with Crippen molar-refractivity contribution < 1.29 is 4.79 Å². The van der Waals surface area contributed by atoms with Gasteiger partial charge >= 0.3 is 0 Å². The van der Waals surface area contributed by atoms with Gasteiger partial charge in [0.2, 0.25) is 5.91 Å². The molecule has 1 saturated heterocycles. The number of carbonyl (C=O) groups excluding carboxylic acids is 1. The number of hydrogen-bond donors (Lipinski definition) is 1. The number of nitrogens with one attached hydrogen (secondary N) is 1. The molecule has 4 rings (SSSR count). The zero-order chi connectivity index (χ0) is 20.9. The molecular formula is C24H35Cl2N3OS. The Morgan fingerprint density at radius 2 is 1.81 bits per heavy atom. The third-order valence-electron chi connectivity index (χ3n) is 6.73. The molecular weight excluding hydrogens is 449 g/mol. The smallest absolute Gasteiger partial charge is 0.226 e. The van der Waals surface area contributed by atoms with Crippen LogP contribution in [0.15, 0.2) is 23.2 Å². The highest BCUT2D eigenvalue weighted by Gasteiger charge is 2.37. The zero-order valence-corrected chi connectivity index (χ0v) is 20.8. The first kappa shape index (κ1) is 24.7. The Hall–Kier alpha value is -0.910. The summed E-state index contributed by atoms with van der Waals surface area (Å²) < 4.78 is 0. The summed E-state index contributed by atoms with van der Waals surface area (Å²) >= 11 is 8.10. The molecule has 3 fully saturated rings. The van der Waals surface area contributed by atoms with Crippen LogP contribution in [0.5, 0.6) is 0 Å². The summed E-state index contributed by atoms with van der Waals surface area (Å²) in [4.78, 5) is 20.6. The number of anilines is 1. The molecule has 0 bridgehead atoms. The molecule has 0 spiro atoms. The van der Waals surface area contributed by atoms with Crippen LogP contribution in [0.1, 0.15) is 76.2 Å². The minimum atomic E-state index is 0. The van der Waals surface area contributed by atoms with Crippen LogP contribution in [-0.4, -0.2) is 39.9 Å². The van der Waals surface area contributed by atoms with E-state index in [4.69, 9.17) is 16.6 Å². The van der Waals surface area contributed by atoms with E-state index in [1.807, 2.05) is 36.9 Å². The van der Waals surface area contributed by atoms with Crippen LogP contribution in [-0.2, 0) is 4.79 Å². The van der Waals surface area contributed by atoms with Gasteiger partial charge in [0.1, 0.15) is 0 Å². The van der Waals surface area contributed by atoms with E-state index in [9.17, 15) is 4.79 Å². The van der Waals surface area contributed by atoms with Crippen LogP contribution in [0.25, 0.3) is 0 Å². The molecule has 1 aromatic carbocycles. The summed E-state index contributed by atoms with van der Waals surface area (Å²) in [5, 5.41) is 4.96. The lowest BCUT2D eigenvalue weighted by molar-refractivity contribution is -0.117. The SMILES string of the molecule is Cc1ccc(NC(=O)CC2CS/C(=N\C3CCCCC3)N2C2CCCCC2)cc1Cl.Cl. The van der Waals surface area contributed by atoms with Crippen LogP contribution < -0.4 is 5.32 Å². The van der Waals surface area contributed by atoms with Gasteiger partial charge in [-0.05, 0) is 50.3 Å². The Balaban J connectivity index is 0.00000272. The number of amides is 1. The minimum Gasteiger partial charge on any atom is -0.344 e. The molecule has 1 amide bonds. The van der Waals surface area contributed by atoms with E-state index in [0.717, 1.165) is 17.0 Å². The van der Waals surface area contributed by atoms with Crippen LogP contribution in [0.2, 0.25) is 5.02 Å². The summed E-state index contributed by atoms with van der Waals surface area (Å²) in [6.45, 7) is 1.97. The summed E-state index contributed by atoms with van der Waals surface area (Å²) in [5.74, 6) is 1.03. The average Bonchev–Trinajstić information content (AvgIpc) is 3.14. The van der Waals surface area contributed by atoms with Crippen molar-refractivity contribution in [3.8, 4) is 0 Å². The van der Waals surface area contributed by atoms with Crippen molar-refractivity contribution in [1.82, 2.24) is 4.90 Å². The Bertz CT molecular complexity index is 776. The molecule has 31 heavy (non-hydrogen) atoms. The summed E-state index contributed by atoms with van der Waals surface area (Å²) in [5.41, 5.74) is 1.80. The first-order valence-corrected chi connectivity index (χ1v) is 13.0. The number of hydrogen-bond acceptors (Lipinski definition) is 3. The number of rotatable bonds is 5. The molecule has 2 saturated carbocycles. The van der Waals surface area contributed by atoms with Crippen molar-refractivity contribution in [2.24, 2.45) is 4.99 Å². The van der Waals surface area contributed by atoms with Gasteiger partial charge in [-0.2, -0.15) is 0 Å². The van der Waals surface area contributed by atoms with Gasteiger partial charge in [-0.1, -0.05) is 68.0 Å². The number of amidine groups is 1. The van der Waals surface area contributed by atoms with Gasteiger partial charge in [0.25, 0.3) is 0 Å². The monoisotopic (exact) mass is 483 g/mol. The molecule has 1 unspecified atom stereocenters. The number of aryl methyl sites for hydroxylation is 1. The number of thioether (sulfide) groups is 1. The van der Waals surface area contributed by atoms with Gasteiger partial charge in [0.15, 0.2) is 5.17 Å². The van der Waals surface area contributed by atoms with Crippen molar-refractivity contribution >= 4 is 52.5 Å². The summed E-state index contributed by atoms with van der Waals surface area (Å²) in [6, 6.07) is 6.98. The molecule has 0 radical (unpaired) electrons. The average molecular weight is 485 g/mol. The number of nitrogens with zero attached hydrogens (tertiary/aromatic N) is 2. The lowest BCUT2D eigenvalue weighted by atomic mass is 9.93. The van der Waals surface area contributed by atoms with Crippen molar-refractivity contribution in [1.29, 1.82) is 0 Å². The molecule has 7 heteroatoms. The Labute approximate surface area is 202 Å². The Kier molecular flexibility index (Phi) is 9.42. The second-order valence-electron chi connectivity index (χ2n) is 9.08. The van der Waals surface area contributed by atoms with Gasteiger partial charge in [0.05, 0.1) is 6.04 Å². The maximum Gasteiger partial charge on any atom is 0.226 e. The topological polar surface area (TPSA) is 44.7 Å². The first-order valence-electron chi connectivity index (χ1n) is 11.6. The van der Waals surface area contributed by atoms with E-state index in [0.29, 0.717) is 23.5 Å². The van der Waals surface area contributed by atoms with E-state index in [1.54, 1.807) is 0 Å². The highest BCUT2D eigenvalue weighted by molar-refractivity contribution is 8.14. The van der Waals surface area contributed by atoms with E-state index in [-0.39, 0.29) is 24.4 Å². The summed E-state index contributed by atoms with van der Waals surface area (Å²) in [6.07, 6.45) is 13.3. The fourth-order valence-corrected chi connectivity index (χ4v) is 6.49. The normalized spacial score (nSPS) is 24.3. The van der Waals surface area contributed by atoms with Crippen LogP contribution in [0.3, 0.4) is 0 Å². The van der Waals surface area contributed by atoms with Crippen LogP contribution in [0, 0.1) is 6.92 Å². The predicted octanol–water partition coefficient (Wildman–Crippen LogP) is 6.84. The van der Waals surface area contributed by atoms with E-state index >= 15 is 0 Å². The standard InChI is InChI=1S/C24H34ClN3OS.ClH/c1-17-12-13-19(14-22(17)25)26-23(29)15-21-16-30-24(27-18-8-4-2-5-9-18)28(21)20-10-6-3-7-11-20;/h12-14,18,20-21H,2-11,15-16H2,1H3,(H,26,29);1H/b27-24-;. The zero-order valence-electron chi connectivity index (χ0n) is 18.4. The molecule has 1 aromatic rings. The minimum absolute atomic E-state index is 0. The lowest BCUT2D eigenvalue weighted by Gasteiger charge is -2.37. The molecule has 2 aliphatic carbocycles. The van der Waals surface area contributed by atoms with Gasteiger partial charge < -0.3 is 10.2 Å². The van der Waals surface area contributed by atoms with E-state index in [1.165, 1.54) is 69.4 Å². The maximum absolute atomic E-state index is 12.9. The Morgan fingerprint density at radius 1 is 1.13 bits per heavy atom. The maximum atomic E-state index is 12.9. The van der Waals surface area contributed by atoms with Crippen molar-refractivity contribution in [2.75, 3.05) is 11.1 Å². The quantitative estimate of drug-likeness (QED) is 0.498. The largest absolute Gasteiger partial charge is 0.344 e. The summed E-state index contributed by atoms with van der Waals surface area (Å²) in [7, 11) is 0. The number of benzene rings is 1. The molecule has 4 nitrogen and oxygen atoms in total. The molecule has 1 atom stereocenters. The van der Waals surface area contributed by atoms with Crippen LogP contribution >= 0.6 is 35.8 Å². The van der Waals surface area contributed by atoms with Crippen molar-refractivity contribution in [3.05, 3.63) is 28.8 Å². The molecule has 1 N–H and O–H groups in total. The number of aliphatic imine (C=N–C) groups is 1. The van der Waals surface area contributed by atoms with Gasteiger partial charge in [-0.15, -0.1) is 12.4 Å². The fourth-order valence-electron chi connectivity index (χ4n) is 5.02. The highest BCUT2D eigenvalue weighted by Crippen LogP contribution is 2.35. The molecule has 3 aliphatic rings. The second kappa shape index (κ2) is 11.8. The molecule has 1 heterocycles. The first-order chi connectivity index (χ1) is 14.6. The molecule has 172 valence electrons. The van der Waals surface area contributed by atoms with E-state index in [2.05, 4.69) is 10.2 Å². The Morgan fingerprint density at radius 3 is 2.48 bits per heavy atom. The van der Waals surface area contributed by atoms with Gasteiger partial charge in [-0.3, -0.25) is 9.79 Å². The highest BCUT2D eigenvalue weighted by atomic mass is 35.5. The third-order valence-corrected chi connectivity index (χ3v) is 8.26. The third kappa shape index (κ3) is 6.55. The fraction of sp³-hybridized carbons (Fsp3) is 0.667. The van der Waals surface area contributed by atoms with Gasteiger partial charge in [0, 0.05) is 35.0 Å². The predicted molar refractivity (Wildman–Crippen MR) is 136 cm³/mol. The van der Waals surface area contributed by atoms with Gasteiger partial charge in [-0.25, -0.2) is 0 Å². The van der Waals surface area contributed by atoms with Crippen molar-refractivity contribution in [3.63, 3.8) is 0 Å². The van der Waals surface area contributed by atoms with Crippen LogP contribution in [0.4, 0.5) is 5.69 Å². The van der Waals surface area contributed by atoms with E-state index < -0.39 is 0 Å².